The molecule has 0 radical (unpaired) electrons. The lowest BCUT2D eigenvalue weighted by molar-refractivity contribution is -0.151. The fraction of sp³-hybridized carbons (Fsp3) is 0.250. The van der Waals surface area contributed by atoms with E-state index in [-0.39, 0.29) is 12.0 Å². The van der Waals surface area contributed by atoms with Crippen LogP contribution in [0.15, 0.2) is 54.6 Å². The van der Waals surface area contributed by atoms with Gasteiger partial charge in [0.15, 0.2) is 0 Å². The average molecular weight is 282 g/mol. The molecule has 0 fully saturated rings. The summed E-state index contributed by atoms with van der Waals surface area (Å²) in [7, 11) is 0. The van der Waals surface area contributed by atoms with E-state index in [1.165, 1.54) is 12.1 Å². The molecule has 2 aromatic carbocycles. The minimum Gasteiger partial charge on any atom is -0.207 e. The predicted octanol–water partition coefficient (Wildman–Crippen LogP) is 5.10. The molecular formula is C16H14F4. The number of benzene rings is 2. The van der Waals surface area contributed by atoms with E-state index in [2.05, 4.69) is 0 Å². The molecule has 106 valence electrons. The Morgan fingerprint density at radius 1 is 0.850 bits per heavy atom. The van der Waals surface area contributed by atoms with Crippen molar-refractivity contribution >= 4 is 0 Å². The SMILES string of the molecule is Fc1ccc([C@@H](CCc2ccccc2)C(F)(F)F)cc1. The van der Waals surface area contributed by atoms with Gasteiger partial charge in [0.25, 0.3) is 0 Å². The molecule has 4 heteroatoms. The highest BCUT2D eigenvalue weighted by Crippen LogP contribution is 2.38. The lowest BCUT2D eigenvalue weighted by Gasteiger charge is -2.20. The number of alkyl halides is 3. The molecule has 20 heavy (non-hydrogen) atoms. The molecule has 0 saturated heterocycles. The molecule has 0 aliphatic heterocycles. The van der Waals surface area contributed by atoms with Crippen LogP contribution in [0.1, 0.15) is 23.5 Å². The van der Waals surface area contributed by atoms with Crippen molar-refractivity contribution in [1.29, 1.82) is 0 Å². The molecule has 2 rings (SSSR count). The summed E-state index contributed by atoms with van der Waals surface area (Å²) in [6.07, 6.45) is -4.03. The first-order chi connectivity index (χ1) is 9.47. The van der Waals surface area contributed by atoms with Crippen LogP contribution in [0.2, 0.25) is 0 Å². The smallest absolute Gasteiger partial charge is 0.207 e. The van der Waals surface area contributed by atoms with Crippen molar-refractivity contribution in [2.75, 3.05) is 0 Å². The second-order valence-corrected chi connectivity index (χ2v) is 4.67. The normalized spacial score (nSPS) is 13.2. The van der Waals surface area contributed by atoms with E-state index in [0.29, 0.717) is 6.42 Å². The van der Waals surface area contributed by atoms with Crippen molar-refractivity contribution < 1.29 is 17.6 Å². The molecule has 0 saturated carbocycles. The molecule has 0 aliphatic rings. The Hall–Kier alpha value is -1.84. The van der Waals surface area contributed by atoms with Crippen LogP contribution in [0.3, 0.4) is 0 Å². The monoisotopic (exact) mass is 282 g/mol. The summed E-state index contributed by atoms with van der Waals surface area (Å²) >= 11 is 0. The molecule has 0 aromatic heterocycles. The lowest BCUT2D eigenvalue weighted by atomic mass is 9.92. The van der Waals surface area contributed by atoms with Crippen LogP contribution in [-0.4, -0.2) is 6.18 Å². The van der Waals surface area contributed by atoms with E-state index in [1.54, 1.807) is 24.3 Å². The standard InChI is InChI=1S/C16H14F4/c17-14-9-7-13(8-10-14)15(16(18,19)20)11-6-12-4-2-1-3-5-12/h1-5,7-10,15H,6,11H2/t15-/m1/s1. The molecule has 2 aromatic rings. The Morgan fingerprint density at radius 2 is 1.45 bits per heavy atom. The molecule has 0 heterocycles. The van der Waals surface area contributed by atoms with Crippen LogP contribution in [-0.2, 0) is 6.42 Å². The zero-order chi connectivity index (χ0) is 14.6. The van der Waals surface area contributed by atoms with E-state index in [1.807, 2.05) is 6.07 Å². The molecule has 1 atom stereocenters. The number of hydrogen-bond acceptors (Lipinski definition) is 0. The van der Waals surface area contributed by atoms with Crippen LogP contribution in [0.25, 0.3) is 0 Å². The molecule has 0 N–H and O–H groups in total. The van der Waals surface area contributed by atoms with Crippen LogP contribution in [0.4, 0.5) is 17.6 Å². The molecule has 0 aliphatic carbocycles. The zero-order valence-corrected chi connectivity index (χ0v) is 10.7. The van der Waals surface area contributed by atoms with Gasteiger partial charge in [-0.1, -0.05) is 42.5 Å². The number of halogens is 4. The van der Waals surface area contributed by atoms with Crippen LogP contribution in [0, 0.1) is 5.82 Å². The fourth-order valence-electron chi connectivity index (χ4n) is 2.17. The molecule has 0 amide bonds. The summed E-state index contributed by atoms with van der Waals surface area (Å²) in [6, 6.07) is 13.6. The summed E-state index contributed by atoms with van der Waals surface area (Å²) in [5.41, 5.74) is 0.971. The molecule has 0 nitrogen and oxygen atoms in total. The van der Waals surface area contributed by atoms with Gasteiger partial charge in [-0.3, -0.25) is 0 Å². The van der Waals surface area contributed by atoms with Crippen LogP contribution < -0.4 is 0 Å². The predicted molar refractivity (Wildman–Crippen MR) is 70.0 cm³/mol. The average Bonchev–Trinajstić information content (AvgIpc) is 2.41. The number of hydrogen-bond donors (Lipinski definition) is 0. The highest BCUT2D eigenvalue weighted by Gasteiger charge is 2.40. The van der Waals surface area contributed by atoms with Gasteiger partial charge in [-0.25, -0.2) is 4.39 Å². The highest BCUT2D eigenvalue weighted by molar-refractivity contribution is 5.23. The number of aryl methyl sites for hydroxylation is 1. The fourth-order valence-corrected chi connectivity index (χ4v) is 2.17. The first kappa shape index (κ1) is 14.6. The highest BCUT2D eigenvalue weighted by atomic mass is 19.4. The second kappa shape index (κ2) is 6.07. The Morgan fingerprint density at radius 3 is 2.00 bits per heavy atom. The Labute approximate surface area is 115 Å². The maximum absolute atomic E-state index is 13.1. The van der Waals surface area contributed by atoms with Crippen molar-refractivity contribution in [2.45, 2.75) is 24.9 Å². The third-order valence-corrected chi connectivity index (χ3v) is 3.23. The first-order valence-corrected chi connectivity index (χ1v) is 6.33. The van der Waals surface area contributed by atoms with E-state index < -0.39 is 17.9 Å². The van der Waals surface area contributed by atoms with Gasteiger partial charge in [0.05, 0.1) is 5.92 Å². The van der Waals surface area contributed by atoms with Crippen molar-refractivity contribution in [1.82, 2.24) is 0 Å². The minimum atomic E-state index is -4.33. The van der Waals surface area contributed by atoms with E-state index in [9.17, 15) is 17.6 Å². The van der Waals surface area contributed by atoms with Gasteiger partial charge in [0.1, 0.15) is 5.82 Å². The Bertz CT molecular complexity index is 529. The van der Waals surface area contributed by atoms with Gasteiger partial charge in [-0.05, 0) is 36.1 Å². The number of rotatable bonds is 4. The Kier molecular flexibility index (Phi) is 4.42. The zero-order valence-electron chi connectivity index (χ0n) is 10.7. The largest absolute Gasteiger partial charge is 0.395 e. The third-order valence-electron chi connectivity index (χ3n) is 3.23. The summed E-state index contributed by atoms with van der Waals surface area (Å²) in [5, 5.41) is 0. The van der Waals surface area contributed by atoms with Crippen molar-refractivity contribution in [2.24, 2.45) is 0 Å². The van der Waals surface area contributed by atoms with Gasteiger partial charge in [0, 0.05) is 0 Å². The second-order valence-electron chi connectivity index (χ2n) is 4.67. The van der Waals surface area contributed by atoms with Gasteiger partial charge in [-0.2, -0.15) is 13.2 Å². The van der Waals surface area contributed by atoms with Crippen LogP contribution >= 0.6 is 0 Å². The van der Waals surface area contributed by atoms with Gasteiger partial charge < -0.3 is 0 Å². The minimum absolute atomic E-state index is 0.0425. The summed E-state index contributed by atoms with van der Waals surface area (Å²) in [6.45, 7) is 0. The lowest BCUT2D eigenvalue weighted by Crippen LogP contribution is -2.21. The Balaban J connectivity index is 2.14. The summed E-state index contributed by atoms with van der Waals surface area (Å²) in [5.74, 6) is -2.10. The van der Waals surface area contributed by atoms with Crippen LogP contribution in [0.5, 0.6) is 0 Å². The van der Waals surface area contributed by atoms with Gasteiger partial charge in [0.2, 0.25) is 0 Å². The topological polar surface area (TPSA) is 0 Å². The quantitative estimate of drug-likeness (QED) is 0.684. The van der Waals surface area contributed by atoms with Crippen molar-refractivity contribution in [3.63, 3.8) is 0 Å². The molecular weight excluding hydrogens is 268 g/mol. The molecule has 0 bridgehead atoms. The first-order valence-electron chi connectivity index (χ1n) is 6.33. The summed E-state index contributed by atoms with van der Waals surface area (Å²) < 4.78 is 52.2. The molecule has 0 spiro atoms. The van der Waals surface area contributed by atoms with E-state index in [4.69, 9.17) is 0 Å². The third kappa shape index (κ3) is 3.83. The van der Waals surface area contributed by atoms with Gasteiger partial charge in [-0.15, -0.1) is 0 Å². The van der Waals surface area contributed by atoms with Crippen molar-refractivity contribution in [3.05, 3.63) is 71.5 Å². The van der Waals surface area contributed by atoms with E-state index in [0.717, 1.165) is 17.7 Å². The maximum atomic E-state index is 13.1. The van der Waals surface area contributed by atoms with Crippen molar-refractivity contribution in [3.8, 4) is 0 Å². The maximum Gasteiger partial charge on any atom is 0.395 e. The van der Waals surface area contributed by atoms with Gasteiger partial charge >= 0.3 is 6.18 Å². The summed E-state index contributed by atoms with van der Waals surface area (Å²) in [4.78, 5) is 0. The molecule has 0 unspecified atom stereocenters. The van der Waals surface area contributed by atoms with E-state index >= 15 is 0 Å².